The molecule has 18 heavy (non-hydrogen) atoms. The Morgan fingerprint density at radius 2 is 2.50 bits per heavy atom. The van der Waals surface area contributed by atoms with Crippen LogP contribution in [0.2, 0.25) is 0 Å². The van der Waals surface area contributed by atoms with Crippen molar-refractivity contribution in [3.63, 3.8) is 0 Å². The van der Waals surface area contributed by atoms with Crippen molar-refractivity contribution in [1.82, 2.24) is 20.2 Å². The maximum absolute atomic E-state index is 10.8. The average Bonchev–Trinajstić information content (AvgIpc) is 2.98. The first-order valence-corrected chi connectivity index (χ1v) is 6.10. The molecule has 0 atom stereocenters. The lowest BCUT2D eigenvalue weighted by molar-refractivity contribution is -0.134. The first-order valence-electron chi connectivity index (χ1n) is 5.16. The van der Waals surface area contributed by atoms with Crippen LogP contribution in [0.15, 0.2) is 24.4 Å². The highest BCUT2D eigenvalue weighted by atomic mass is 32.2. The zero-order valence-corrected chi connectivity index (χ0v) is 10.2. The zero-order chi connectivity index (χ0) is 12.8. The number of carboxylic acids is 1. The van der Waals surface area contributed by atoms with Crippen LogP contribution in [0.5, 0.6) is 0 Å². The summed E-state index contributed by atoms with van der Waals surface area (Å²) >= 11 is 1.37. The quantitative estimate of drug-likeness (QED) is 0.472. The number of carboxylic acid groups (broad SMARTS) is 1. The first kappa shape index (κ1) is 12.5. The van der Waals surface area contributed by atoms with Crippen LogP contribution in [0.3, 0.4) is 0 Å². The maximum Gasteiger partial charge on any atom is 0.353 e. The Morgan fingerprint density at radius 1 is 1.61 bits per heavy atom. The van der Waals surface area contributed by atoms with Crippen LogP contribution >= 0.6 is 11.9 Å². The largest absolute Gasteiger partial charge is 0.477 e. The van der Waals surface area contributed by atoms with E-state index < -0.39 is 5.97 Å². The third-order valence-corrected chi connectivity index (χ3v) is 2.83. The van der Waals surface area contributed by atoms with Gasteiger partial charge in [0, 0.05) is 10.8 Å². The molecule has 2 aliphatic heterocycles. The summed E-state index contributed by atoms with van der Waals surface area (Å²) in [4.78, 5) is 17.5. The Labute approximate surface area is 109 Å². The zero-order valence-electron chi connectivity index (χ0n) is 9.42. The van der Waals surface area contributed by atoms with Crippen molar-refractivity contribution in [3.8, 4) is 11.8 Å². The molecule has 0 unspecified atom stereocenters. The minimum Gasteiger partial charge on any atom is -0.477 e. The Kier molecular flexibility index (Phi) is 4.22. The standard InChI is InChI=1S/C10H12N4O3S/c15-10(16)9-7-11-8-13(9)4-1-2-6-18-14-12-3-5-17-14/h3,5,7,11-12H,4,6,8H2,(H,15,16). The fourth-order valence-corrected chi connectivity index (χ4v) is 1.87. The summed E-state index contributed by atoms with van der Waals surface area (Å²) in [5, 5.41) is 11.7. The highest BCUT2D eigenvalue weighted by molar-refractivity contribution is 7.97. The maximum atomic E-state index is 10.8. The van der Waals surface area contributed by atoms with Gasteiger partial charge >= 0.3 is 5.97 Å². The number of aliphatic carboxylic acids is 1. The molecule has 0 spiro atoms. The number of nitrogens with zero attached hydrogens (tertiary/aromatic N) is 2. The predicted molar refractivity (Wildman–Crippen MR) is 65.9 cm³/mol. The van der Waals surface area contributed by atoms with Crippen molar-refractivity contribution in [2.45, 2.75) is 0 Å². The van der Waals surface area contributed by atoms with E-state index in [9.17, 15) is 4.79 Å². The van der Waals surface area contributed by atoms with Gasteiger partial charge in [0.25, 0.3) is 0 Å². The van der Waals surface area contributed by atoms with Gasteiger partial charge < -0.3 is 20.2 Å². The number of hydrazine groups is 1. The van der Waals surface area contributed by atoms with Crippen molar-refractivity contribution in [3.05, 3.63) is 24.4 Å². The second kappa shape index (κ2) is 6.09. The van der Waals surface area contributed by atoms with E-state index in [1.807, 2.05) is 0 Å². The molecule has 0 saturated heterocycles. The van der Waals surface area contributed by atoms with Crippen molar-refractivity contribution in [1.29, 1.82) is 0 Å². The molecule has 2 heterocycles. The summed E-state index contributed by atoms with van der Waals surface area (Å²) in [6.07, 6.45) is 4.67. The molecule has 0 radical (unpaired) electrons. The molecule has 0 aromatic carbocycles. The Hall–Kier alpha value is -1.98. The Bertz CT molecular complexity index is 432. The molecule has 0 saturated carbocycles. The molecule has 2 aliphatic rings. The molecule has 0 aromatic heterocycles. The van der Waals surface area contributed by atoms with E-state index in [-0.39, 0.29) is 5.70 Å². The Morgan fingerprint density at radius 3 is 3.22 bits per heavy atom. The first-order chi connectivity index (χ1) is 8.77. The molecule has 2 rings (SSSR count). The van der Waals surface area contributed by atoms with E-state index in [0.29, 0.717) is 19.0 Å². The third-order valence-electron chi connectivity index (χ3n) is 2.13. The molecule has 0 amide bonds. The molecular formula is C10H12N4O3S. The van der Waals surface area contributed by atoms with Gasteiger partial charge in [-0.3, -0.25) is 5.43 Å². The molecular weight excluding hydrogens is 256 g/mol. The normalized spacial score (nSPS) is 17.3. The van der Waals surface area contributed by atoms with Crippen molar-refractivity contribution in [2.24, 2.45) is 0 Å². The number of hydrogen-bond donors (Lipinski definition) is 3. The topological polar surface area (TPSA) is 77.1 Å². The molecule has 0 fully saturated rings. The molecule has 0 bridgehead atoms. The van der Waals surface area contributed by atoms with Crippen molar-refractivity contribution < 1.29 is 14.7 Å². The lowest BCUT2D eigenvalue weighted by atomic mass is 10.4. The highest BCUT2D eigenvalue weighted by Crippen LogP contribution is 2.10. The van der Waals surface area contributed by atoms with Crippen LogP contribution in [0, 0.1) is 11.8 Å². The van der Waals surface area contributed by atoms with E-state index in [1.54, 1.807) is 11.1 Å². The van der Waals surface area contributed by atoms with Gasteiger partial charge in [0.05, 0.1) is 25.2 Å². The average molecular weight is 268 g/mol. The van der Waals surface area contributed by atoms with Crippen LogP contribution in [0.4, 0.5) is 0 Å². The van der Waals surface area contributed by atoms with Crippen LogP contribution < -0.4 is 10.7 Å². The fourth-order valence-electron chi connectivity index (χ4n) is 1.34. The van der Waals surface area contributed by atoms with Crippen LogP contribution in [0.1, 0.15) is 0 Å². The lowest BCUT2D eigenvalue weighted by Crippen LogP contribution is -2.27. The smallest absolute Gasteiger partial charge is 0.353 e. The molecule has 7 nitrogen and oxygen atoms in total. The van der Waals surface area contributed by atoms with Crippen LogP contribution in [0.25, 0.3) is 0 Å². The van der Waals surface area contributed by atoms with Gasteiger partial charge in [-0.2, -0.15) is 0 Å². The van der Waals surface area contributed by atoms with Crippen LogP contribution in [-0.4, -0.2) is 39.5 Å². The third kappa shape index (κ3) is 3.26. The molecule has 96 valence electrons. The monoisotopic (exact) mass is 268 g/mol. The Balaban J connectivity index is 1.68. The van der Waals surface area contributed by atoms with E-state index >= 15 is 0 Å². The summed E-state index contributed by atoms with van der Waals surface area (Å²) < 4.78 is 1.48. The molecule has 0 aromatic rings. The predicted octanol–water partition coefficient (Wildman–Crippen LogP) is -0.350. The highest BCUT2D eigenvalue weighted by Gasteiger charge is 2.19. The van der Waals surface area contributed by atoms with Crippen LogP contribution in [-0.2, 0) is 9.63 Å². The molecule has 8 heteroatoms. The number of rotatable bonds is 4. The minimum atomic E-state index is -0.947. The van der Waals surface area contributed by atoms with Gasteiger partial charge in [-0.15, -0.1) is 0 Å². The fraction of sp³-hybridized carbons (Fsp3) is 0.300. The van der Waals surface area contributed by atoms with Gasteiger partial charge in [-0.25, -0.2) is 4.79 Å². The summed E-state index contributed by atoms with van der Waals surface area (Å²) in [5.74, 6) is 5.46. The van der Waals surface area contributed by atoms with E-state index in [2.05, 4.69) is 22.6 Å². The van der Waals surface area contributed by atoms with Gasteiger partial charge in [0.2, 0.25) is 0 Å². The number of hydrogen-bond acceptors (Lipinski definition) is 7. The second-order valence-corrected chi connectivity index (χ2v) is 4.19. The lowest BCUT2D eigenvalue weighted by Gasteiger charge is -2.14. The van der Waals surface area contributed by atoms with Gasteiger partial charge in [-0.1, -0.05) is 11.8 Å². The van der Waals surface area contributed by atoms with Crippen molar-refractivity contribution in [2.75, 3.05) is 19.0 Å². The SMILES string of the molecule is O=C(O)C1=CNCN1CC#CCSN1NC=CO1. The summed E-state index contributed by atoms with van der Waals surface area (Å²) in [7, 11) is 0. The second-order valence-electron chi connectivity index (χ2n) is 3.32. The van der Waals surface area contributed by atoms with Crippen molar-refractivity contribution >= 4 is 17.9 Å². The summed E-state index contributed by atoms with van der Waals surface area (Å²) in [6, 6.07) is 0. The number of nitrogens with one attached hydrogen (secondary N) is 2. The molecule has 3 N–H and O–H groups in total. The number of carbonyl (C=O) groups is 1. The summed E-state index contributed by atoms with van der Waals surface area (Å²) in [6.45, 7) is 0.863. The molecule has 0 aliphatic carbocycles. The van der Waals surface area contributed by atoms with E-state index in [1.165, 1.54) is 29.0 Å². The van der Waals surface area contributed by atoms with E-state index in [0.717, 1.165) is 0 Å². The van der Waals surface area contributed by atoms with Gasteiger partial charge in [0.15, 0.2) is 0 Å². The van der Waals surface area contributed by atoms with Gasteiger partial charge in [0.1, 0.15) is 12.0 Å². The van der Waals surface area contributed by atoms with Gasteiger partial charge in [-0.05, 0) is 11.9 Å². The minimum absolute atomic E-state index is 0.241. The van der Waals surface area contributed by atoms with E-state index in [4.69, 9.17) is 9.94 Å². The summed E-state index contributed by atoms with van der Waals surface area (Å²) in [5.41, 5.74) is 3.07.